The van der Waals surface area contributed by atoms with Crippen molar-refractivity contribution in [2.45, 2.75) is 26.3 Å². The Morgan fingerprint density at radius 3 is 2.36 bits per heavy atom. The monoisotopic (exact) mass is 150 g/mol. The van der Waals surface area contributed by atoms with Gasteiger partial charge < -0.3 is 5.21 Å². The summed E-state index contributed by atoms with van der Waals surface area (Å²) in [5.41, 5.74) is 0.599. The molecule has 0 spiro atoms. The zero-order chi connectivity index (χ0) is 8.65. The second-order valence-corrected chi connectivity index (χ2v) is 3.18. The Morgan fingerprint density at radius 2 is 2.18 bits per heavy atom. The molecule has 1 aliphatic rings. The molecule has 0 unspecified atom stereocenters. The molecule has 0 saturated heterocycles. The fourth-order valence-electron chi connectivity index (χ4n) is 0.979. The van der Waals surface area contributed by atoms with Gasteiger partial charge in [-0.1, -0.05) is 0 Å². The van der Waals surface area contributed by atoms with Gasteiger partial charge in [-0.2, -0.15) is 10.0 Å². The molecule has 1 aliphatic heterocycles. The molecule has 0 bridgehead atoms. The summed E-state index contributed by atoms with van der Waals surface area (Å²) in [6, 6.07) is 1.85. The maximum atomic E-state index is 11.3. The second-order valence-electron chi connectivity index (χ2n) is 3.18. The lowest BCUT2D eigenvalue weighted by Crippen LogP contribution is -2.31. The van der Waals surface area contributed by atoms with Gasteiger partial charge in [-0.3, -0.25) is 0 Å². The van der Waals surface area contributed by atoms with Crippen LogP contribution in [-0.2, 0) is 0 Å². The van der Waals surface area contributed by atoms with Crippen molar-refractivity contribution < 1.29 is 4.74 Å². The third-order valence-corrected chi connectivity index (χ3v) is 2.16. The SMILES string of the molecule is CC1=CC(C#N)=[N+]([O-])C1(C)C. The summed E-state index contributed by atoms with van der Waals surface area (Å²) in [4.78, 5) is 0. The molecule has 3 nitrogen and oxygen atoms in total. The van der Waals surface area contributed by atoms with Crippen LogP contribution in [0, 0.1) is 16.5 Å². The topological polar surface area (TPSA) is 49.9 Å². The number of allylic oxidation sites excluding steroid dienone is 1. The van der Waals surface area contributed by atoms with Gasteiger partial charge >= 0.3 is 0 Å². The van der Waals surface area contributed by atoms with Crippen LogP contribution in [0.3, 0.4) is 0 Å². The Kier molecular flexibility index (Phi) is 1.48. The minimum absolute atomic E-state index is 0.201. The average Bonchev–Trinajstić information content (AvgIpc) is 2.14. The number of rotatable bonds is 0. The Morgan fingerprint density at radius 1 is 1.64 bits per heavy atom. The van der Waals surface area contributed by atoms with Gasteiger partial charge in [-0.05, 0) is 6.92 Å². The van der Waals surface area contributed by atoms with Crippen molar-refractivity contribution in [3.8, 4) is 6.07 Å². The third-order valence-electron chi connectivity index (χ3n) is 2.16. The van der Waals surface area contributed by atoms with Crippen molar-refractivity contribution in [2.24, 2.45) is 0 Å². The Hall–Kier alpha value is -1.30. The summed E-state index contributed by atoms with van der Waals surface area (Å²) in [7, 11) is 0. The first kappa shape index (κ1) is 7.80. The zero-order valence-electron chi connectivity index (χ0n) is 6.88. The van der Waals surface area contributed by atoms with Gasteiger partial charge in [0.1, 0.15) is 0 Å². The maximum Gasteiger partial charge on any atom is 0.290 e. The lowest BCUT2D eigenvalue weighted by Gasteiger charge is -2.19. The lowest BCUT2D eigenvalue weighted by molar-refractivity contribution is -0.522. The highest BCUT2D eigenvalue weighted by Crippen LogP contribution is 2.24. The molecule has 0 radical (unpaired) electrons. The molecule has 0 fully saturated rings. The van der Waals surface area contributed by atoms with Crippen molar-refractivity contribution in [1.29, 1.82) is 5.26 Å². The fourth-order valence-corrected chi connectivity index (χ4v) is 0.979. The predicted octanol–water partition coefficient (Wildman–Crippen LogP) is 1.20. The van der Waals surface area contributed by atoms with Crippen LogP contribution in [0.25, 0.3) is 0 Å². The van der Waals surface area contributed by atoms with E-state index >= 15 is 0 Å². The third kappa shape index (κ3) is 0.911. The van der Waals surface area contributed by atoms with Crippen molar-refractivity contribution in [2.75, 3.05) is 0 Å². The lowest BCUT2D eigenvalue weighted by atomic mass is 9.98. The highest BCUT2D eigenvalue weighted by molar-refractivity contribution is 6.05. The Bertz CT molecular complexity index is 292. The molecule has 0 aromatic rings. The first-order chi connectivity index (χ1) is 5.00. The second kappa shape index (κ2) is 2.09. The van der Waals surface area contributed by atoms with E-state index in [1.165, 1.54) is 0 Å². The van der Waals surface area contributed by atoms with Crippen LogP contribution in [0.4, 0.5) is 0 Å². The number of hydrogen-bond acceptors (Lipinski definition) is 2. The van der Waals surface area contributed by atoms with Crippen LogP contribution in [0.15, 0.2) is 11.6 Å². The quantitative estimate of drug-likeness (QED) is 0.385. The summed E-state index contributed by atoms with van der Waals surface area (Å²) < 4.78 is 0.752. The number of hydrogen-bond donors (Lipinski definition) is 0. The molecular formula is C8H10N2O. The first-order valence-electron chi connectivity index (χ1n) is 3.43. The molecule has 11 heavy (non-hydrogen) atoms. The standard InChI is InChI=1S/C8H10N2O/c1-6-4-7(5-9)10(11)8(6,2)3/h4H,1-3H3. The Balaban J connectivity index is 3.20. The molecule has 3 heteroatoms. The normalized spacial score (nSPS) is 21.5. The molecule has 0 aromatic carbocycles. The van der Waals surface area contributed by atoms with Gasteiger partial charge in [-0.25, -0.2) is 0 Å². The van der Waals surface area contributed by atoms with E-state index in [0.717, 1.165) is 10.3 Å². The van der Waals surface area contributed by atoms with E-state index in [1.807, 2.05) is 13.0 Å². The van der Waals surface area contributed by atoms with E-state index in [-0.39, 0.29) is 5.71 Å². The predicted molar refractivity (Wildman–Crippen MR) is 42.1 cm³/mol. The zero-order valence-corrected chi connectivity index (χ0v) is 6.88. The maximum absolute atomic E-state index is 11.3. The van der Waals surface area contributed by atoms with Crippen LogP contribution < -0.4 is 0 Å². The minimum atomic E-state index is -0.537. The highest BCUT2D eigenvalue weighted by Gasteiger charge is 2.36. The smallest absolute Gasteiger partial charge is 0.290 e. The van der Waals surface area contributed by atoms with E-state index in [9.17, 15) is 5.21 Å². The molecular weight excluding hydrogens is 140 g/mol. The van der Waals surface area contributed by atoms with E-state index in [4.69, 9.17) is 5.26 Å². The van der Waals surface area contributed by atoms with E-state index < -0.39 is 5.54 Å². The number of nitrogens with zero attached hydrogens (tertiary/aromatic N) is 2. The van der Waals surface area contributed by atoms with Crippen LogP contribution in [0.2, 0.25) is 0 Å². The summed E-state index contributed by atoms with van der Waals surface area (Å²) in [6.45, 7) is 5.46. The van der Waals surface area contributed by atoms with Crippen molar-refractivity contribution >= 4 is 5.71 Å². The van der Waals surface area contributed by atoms with Crippen LogP contribution in [0.5, 0.6) is 0 Å². The summed E-state index contributed by atoms with van der Waals surface area (Å²) >= 11 is 0. The van der Waals surface area contributed by atoms with E-state index in [2.05, 4.69) is 0 Å². The largest absolute Gasteiger partial charge is 0.622 e. The summed E-state index contributed by atoms with van der Waals surface area (Å²) in [5, 5.41) is 19.8. The van der Waals surface area contributed by atoms with Gasteiger partial charge in [0.25, 0.3) is 5.71 Å². The van der Waals surface area contributed by atoms with Gasteiger partial charge in [0.15, 0.2) is 11.6 Å². The molecule has 1 heterocycles. The molecule has 0 atom stereocenters. The number of hydroxylamine groups is 1. The molecule has 0 saturated carbocycles. The van der Waals surface area contributed by atoms with Crippen molar-refractivity contribution in [3.63, 3.8) is 0 Å². The minimum Gasteiger partial charge on any atom is -0.622 e. The summed E-state index contributed by atoms with van der Waals surface area (Å²) in [5.74, 6) is 0. The van der Waals surface area contributed by atoms with Crippen LogP contribution >= 0.6 is 0 Å². The van der Waals surface area contributed by atoms with Crippen LogP contribution in [0.1, 0.15) is 20.8 Å². The molecule has 0 aromatic heterocycles. The molecule has 58 valence electrons. The summed E-state index contributed by atoms with van der Waals surface area (Å²) in [6.07, 6.45) is 1.63. The fraction of sp³-hybridized carbons (Fsp3) is 0.500. The Labute approximate surface area is 65.8 Å². The van der Waals surface area contributed by atoms with Crippen molar-refractivity contribution in [1.82, 2.24) is 0 Å². The van der Waals surface area contributed by atoms with Crippen molar-refractivity contribution in [3.05, 3.63) is 16.9 Å². The first-order valence-corrected chi connectivity index (χ1v) is 3.43. The van der Waals surface area contributed by atoms with Gasteiger partial charge in [0.2, 0.25) is 0 Å². The van der Waals surface area contributed by atoms with Crippen LogP contribution in [-0.4, -0.2) is 16.0 Å². The number of nitriles is 1. The van der Waals surface area contributed by atoms with E-state index in [0.29, 0.717) is 0 Å². The molecule has 1 rings (SSSR count). The molecule has 0 amide bonds. The van der Waals surface area contributed by atoms with Gasteiger partial charge in [-0.15, -0.1) is 0 Å². The molecule has 0 N–H and O–H groups in total. The van der Waals surface area contributed by atoms with E-state index in [1.54, 1.807) is 19.9 Å². The van der Waals surface area contributed by atoms with Gasteiger partial charge in [0, 0.05) is 25.5 Å². The molecule has 0 aliphatic carbocycles. The highest BCUT2D eigenvalue weighted by atomic mass is 16.5. The average molecular weight is 150 g/mol. The van der Waals surface area contributed by atoms with Gasteiger partial charge in [0.05, 0.1) is 0 Å².